The van der Waals surface area contributed by atoms with E-state index in [-0.39, 0.29) is 6.10 Å². The molecule has 0 aromatic rings. The minimum atomic E-state index is -0.566. The largest absolute Gasteiger partial charge is 0.393 e. The summed E-state index contributed by atoms with van der Waals surface area (Å²) in [6.45, 7) is 8.45. The van der Waals surface area contributed by atoms with E-state index in [2.05, 4.69) is 13.8 Å². The van der Waals surface area contributed by atoms with Gasteiger partial charge in [0.15, 0.2) is 0 Å². The first-order chi connectivity index (χ1) is 7.74. The maximum absolute atomic E-state index is 10.2. The Balaban J connectivity index is 2.15. The number of fused-ring (bicyclic) bond motifs is 1. The molecule has 2 rings (SSSR count). The second-order valence-electron chi connectivity index (χ2n) is 7.35. The molecule has 2 N–H and O–H groups in total. The van der Waals surface area contributed by atoms with Crippen LogP contribution in [0.4, 0.5) is 0 Å². The van der Waals surface area contributed by atoms with E-state index in [1.807, 2.05) is 13.8 Å². The van der Waals surface area contributed by atoms with Crippen LogP contribution in [-0.4, -0.2) is 21.9 Å². The molecular formula is C15H28O2. The molecule has 0 aromatic carbocycles. The van der Waals surface area contributed by atoms with Crippen molar-refractivity contribution in [2.24, 2.45) is 23.2 Å². The van der Waals surface area contributed by atoms with Crippen LogP contribution in [-0.2, 0) is 0 Å². The van der Waals surface area contributed by atoms with Gasteiger partial charge in [0, 0.05) is 0 Å². The Labute approximate surface area is 105 Å². The van der Waals surface area contributed by atoms with Gasteiger partial charge in [-0.3, -0.25) is 0 Å². The van der Waals surface area contributed by atoms with Crippen LogP contribution in [0.2, 0.25) is 0 Å². The van der Waals surface area contributed by atoms with E-state index in [0.29, 0.717) is 23.2 Å². The summed E-state index contributed by atoms with van der Waals surface area (Å²) in [4.78, 5) is 0. The van der Waals surface area contributed by atoms with Crippen molar-refractivity contribution in [2.75, 3.05) is 0 Å². The summed E-state index contributed by atoms with van der Waals surface area (Å²) in [5.74, 6) is 1.36. The summed E-state index contributed by atoms with van der Waals surface area (Å²) in [5.41, 5.74) is -0.163. The van der Waals surface area contributed by atoms with Crippen LogP contribution < -0.4 is 0 Å². The van der Waals surface area contributed by atoms with Gasteiger partial charge in [-0.15, -0.1) is 0 Å². The molecule has 2 fully saturated rings. The van der Waals surface area contributed by atoms with E-state index >= 15 is 0 Å². The third-order valence-corrected chi connectivity index (χ3v) is 5.75. The van der Waals surface area contributed by atoms with E-state index in [0.717, 1.165) is 25.7 Å². The highest BCUT2D eigenvalue weighted by Crippen LogP contribution is 2.55. The van der Waals surface area contributed by atoms with E-state index < -0.39 is 5.60 Å². The van der Waals surface area contributed by atoms with Gasteiger partial charge in [0.05, 0.1) is 11.7 Å². The highest BCUT2D eigenvalue weighted by molar-refractivity contribution is 4.99. The fraction of sp³-hybridized carbons (Fsp3) is 1.00. The average Bonchev–Trinajstić information content (AvgIpc) is 2.22. The van der Waals surface area contributed by atoms with Crippen molar-refractivity contribution in [1.82, 2.24) is 0 Å². The van der Waals surface area contributed by atoms with Gasteiger partial charge in [-0.05, 0) is 69.1 Å². The van der Waals surface area contributed by atoms with E-state index in [1.54, 1.807) is 0 Å². The monoisotopic (exact) mass is 240 g/mol. The average molecular weight is 240 g/mol. The van der Waals surface area contributed by atoms with E-state index in [4.69, 9.17) is 0 Å². The predicted molar refractivity (Wildman–Crippen MR) is 69.6 cm³/mol. The van der Waals surface area contributed by atoms with Crippen molar-refractivity contribution < 1.29 is 10.2 Å². The first kappa shape index (κ1) is 13.4. The zero-order valence-corrected chi connectivity index (χ0v) is 11.7. The summed E-state index contributed by atoms with van der Waals surface area (Å²) in [6.07, 6.45) is 5.41. The Bertz CT molecular complexity index is 281. The second-order valence-corrected chi connectivity index (χ2v) is 7.35. The maximum Gasteiger partial charge on any atom is 0.0619 e. The second kappa shape index (κ2) is 4.24. The summed E-state index contributed by atoms with van der Waals surface area (Å²) in [6, 6.07) is 0. The van der Waals surface area contributed by atoms with Crippen LogP contribution in [0.25, 0.3) is 0 Å². The Morgan fingerprint density at radius 1 is 1.18 bits per heavy atom. The molecule has 2 nitrogen and oxygen atoms in total. The first-order valence-corrected chi connectivity index (χ1v) is 7.14. The molecule has 2 saturated carbocycles. The molecule has 0 aromatic heterocycles. The lowest BCUT2D eigenvalue weighted by atomic mass is 9.53. The van der Waals surface area contributed by atoms with Crippen LogP contribution >= 0.6 is 0 Å². The van der Waals surface area contributed by atoms with E-state index in [9.17, 15) is 10.2 Å². The minimum absolute atomic E-state index is 0.131. The smallest absolute Gasteiger partial charge is 0.0619 e. The Morgan fingerprint density at radius 3 is 2.35 bits per heavy atom. The topological polar surface area (TPSA) is 40.5 Å². The van der Waals surface area contributed by atoms with Gasteiger partial charge in [-0.1, -0.05) is 13.8 Å². The van der Waals surface area contributed by atoms with Gasteiger partial charge in [0.1, 0.15) is 0 Å². The zero-order valence-electron chi connectivity index (χ0n) is 11.7. The first-order valence-electron chi connectivity index (χ1n) is 7.14. The number of aliphatic hydroxyl groups is 2. The molecule has 0 radical (unpaired) electrons. The highest BCUT2D eigenvalue weighted by atomic mass is 16.3. The summed E-state index contributed by atoms with van der Waals surface area (Å²) < 4.78 is 0. The SMILES string of the molecule is C[C@H]1[C@@H](O)CC[C@]2(C)CC[C@@H](C(C)(C)O)C[C@@H]12. The number of hydrogen-bond acceptors (Lipinski definition) is 2. The molecule has 0 aliphatic heterocycles. The van der Waals surface area contributed by atoms with Crippen molar-refractivity contribution in [3.8, 4) is 0 Å². The molecule has 100 valence electrons. The van der Waals surface area contributed by atoms with Crippen LogP contribution in [0, 0.1) is 23.2 Å². The Kier molecular flexibility index (Phi) is 3.33. The predicted octanol–water partition coefficient (Wildman–Crippen LogP) is 2.97. The van der Waals surface area contributed by atoms with Gasteiger partial charge in [0.25, 0.3) is 0 Å². The van der Waals surface area contributed by atoms with Crippen molar-refractivity contribution in [2.45, 2.75) is 71.5 Å². The number of rotatable bonds is 1. The Morgan fingerprint density at radius 2 is 1.76 bits per heavy atom. The summed E-state index contributed by atoms with van der Waals surface area (Å²) in [5, 5.41) is 20.3. The lowest BCUT2D eigenvalue weighted by Gasteiger charge is -2.53. The summed E-state index contributed by atoms with van der Waals surface area (Å²) in [7, 11) is 0. The standard InChI is InChI=1S/C15H28O2/c1-10-12-9-11(14(2,3)17)5-7-15(12,4)8-6-13(10)16/h10-13,16-17H,5-9H2,1-4H3/t10-,11-,12+,13+,15+/m1/s1. The molecular weight excluding hydrogens is 212 g/mol. The van der Waals surface area contributed by atoms with Gasteiger partial charge < -0.3 is 10.2 Å². The lowest BCUT2D eigenvalue weighted by molar-refractivity contribution is -0.101. The molecule has 2 aliphatic carbocycles. The number of hydrogen-bond donors (Lipinski definition) is 2. The third kappa shape index (κ3) is 2.39. The third-order valence-electron chi connectivity index (χ3n) is 5.75. The number of aliphatic hydroxyl groups excluding tert-OH is 1. The lowest BCUT2D eigenvalue weighted by Crippen LogP contribution is -2.49. The molecule has 2 heteroatoms. The van der Waals surface area contributed by atoms with Crippen molar-refractivity contribution in [3.05, 3.63) is 0 Å². The molecule has 0 heterocycles. The highest BCUT2D eigenvalue weighted by Gasteiger charge is 2.49. The van der Waals surface area contributed by atoms with Crippen LogP contribution in [0.5, 0.6) is 0 Å². The van der Waals surface area contributed by atoms with Gasteiger partial charge in [-0.2, -0.15) is 0 Å². The van der Waals surface area contributed by atoms with Gasteiger partial charge in [0.2, 0.25) is 0 Å². The van der Waals surface area contributed by atoms with E-state index in [1.165, 1.54) is 6.42 Å². The molecule has 0 unspecified atom stereocenters. The molecule has 5 atom stereocenters. The van der Waals surface area contributed by atoms with Crippen LogP contribution in [0.15, 0.2) is 0 Å². The Hall–Kier alpha value is -0.0800. The zero-order chi connectivity index (χ0) is 12.8. The molecule has 17 heavy (non-hydrogen) atoms. The van der Waals surface area contributed by atoms with Crippen molar-refractivity contribution >= 4 is 0 Å². The van der Waals surface area contributed by atoms with Crippen molar-refractivity contribution in [1.29, 1.82) is 0 Å². The minimum Gasteiger partial charge on any atom is -0.393 e. The van der Waals surface area contributed by atoms with Gasteiger partial charge >= 0.3 is 0 Å². The summed E-state index contributed by atoms with van der Waals surface area (Å²) >= 11 is 0. The van der Waals surface area contributed by atoms with Crippen molar-refractivity contribution in [3.63, 3.8) is 0 Å². The normalized spacial score (nSPS) is 47.6. The molecule has 0 saturated heterocycles. The van der Waals surface area contributed by atoms with Crippen LogP contribution in [0.3, 0.4) is 0 Å². The molecule has 0 amide bonds. The fourth-order valence-corrected chi connectivity index (χ4v) is 4.21. The molecule has 0 spiro atoms. The maximum atomic E-state index is 10.2. The molecule has 0 bridgehead atoms. The fourth-order valence-electron chi connectivity index (χ4n) is 4.21. The molecule has 2 aliphatic rings. The quantitative estimate of drug-likeness (QED) is 0.740. The van der Waals surface area contributed by atoms with Crippen LogP contribution in [0.1, 0.15) is 59.8 Å². The van der Waals surface area contributed by atoms with Gasteiger partial charge in [-0.25, -0.2) is 0 Å².